The van der Waals surface area contributed by atoms with E-state index in [0.29, 0.717) is 24.9 Å². The van der Waals surface area contributed by atoms with E-state index in [4.69, 9.17) is 0 Å². The molecule has 1 aromatic rings. The first-order chi connectivity index (χ1) is 9.73. The lowest BCUT2D eigenvalue weighted by Crippen LogP contribution is -2.34. The van der Waals surface area contributed by atoms with Crippen molar-refractivity contribution in [1.82, 2.24) is 9.29 Å². The number of nitrogens with zero attached hydrogens (tertiary/aromatic N) is 1. The zero-order chi connectivity index (χ0) is 16.0. The Kier molecular flexibility index (Phi) is 6.61. The molecule has 120 valence electrons. The largest absolute Gasteiger partial charge is 0.328 e. The molecule has 0 radical (unpaired) electrons. The third-order valence-corrected chi connectivity index (χ3v) is 5.20. The van der Waals surface area contributed by atoms with Crippen molar-refractivity contribution in [3.8, 4) is 0 Å². The second-order valence-corrected chi connectivity index (χ2v) is 8.10. The molecule has 0 aliphatic carbocycles. The minimum Gasteiger partial charge on any atom is -0.328 e. The Labute approximate surface area is 127 Å². The van der Waals surface area contributed by atoms with Gasteiger partial charge in [-0.05, 0) is 30.7 Å². The predicted molar refractivity (Wildman–Crippen MR) is 84.7 cm³/mol. The summed E-state index contributed by atoms with van der Waals surface area (Å²) in [5.74, 6) is 0.884. The van der Waals surface area contributed by atoms with Gasteiger partial charge in [-0.25, -0.2) is 8.42 Å². The fourth-order valence-electron chi connectivity index (χ4n) is 1.86. The van der Waals surface area contributed by atoms with Crippen LogP contribution in [-0.4, -0.2) is 30.8 Å². The van der Waals surface area contributed by atoms with Crippen LogP contribution in [0.15, 0.2) is 28.0 Å². The van der Waals surface area contributed by atoms with E-state index in [1.807, 2.05) is 0 Å². The molecule has 0 amide bonds. The average molecular weight is 314 g/mol. The second-order valence-electron chi connectivity index (χ2n) is 6.16. The molecule has 0 aliphatic rings. The second kappa shape index (κ2) is 7.75. The van der Waals surface area contributed by atoms with Gasteiger partial charge in [-0.3, -0.25) is 4.79 Å². The van der Waals surface area contributed by atoms with Crippen LogP contribution in [0.3, 0.4) is 0 Å². The van der Waals surface area contributed by atoms with Crippen molar-refractivity contribution in [2.45, 2.75) is 45.4 Å². The SMILES string of the molecule is CC(C)CCN(CCC(C)C)S(=O)(=O)c1ccc(=O)[nH]c1. The van der Waals surface area contributed by atoms with E-state index in [-0.39, 0.29) is 10.5 Å². The monoisotopic (exact) mass is 314 g/mol. The minimum absolute atomic E-state index is 0.148. The Hall–Kier alpha value is -1.14. The van der Waals surface area contributed by atoms with Gasteiger partial charge in [0.15, 0.2) is 0 Å². The van der Waals surface area contributed by atoms with Gasteiger partial charge < -0.3 is 4.98 Å². The minimum atomic E-state index is -3.55. The molecule has 6 heteroatoms. The van der Waals surface area contributed by atoms with Crippen molar-refractivity contribution in [2.24, 2.45) is 11.8 Å². The highest BCUT2D eigenvalue weighted by atomic mass is 32.2. The lowest BCUT2D eigenvalue weighted by atomic mass is 10.1. The van der Waals surface area contributed by atoms with Crippen molar-refractivity contribution in [3.05, 3.63) is 28.7 Å². The summed E-state index contributed by atoms with van der Waals surface area (Å²) in [4.78, 5) is 13.7. The molecule has 1 aromatic heterocycles. The normalized spacial score (nSPS) is 12.5. The van der Waals surface area contributed by atoms with Gasteiger partial charge in [-0.1, -0.05) is 27.7 Å². The van der Waals surface area contributed by atoms with Crippen LogP contribution in [0.4, 0.5) is 0 Å². The number of hydrogen-bond donors (Lipinski definition) is 1. The van der Waals surface area contributed by atoms with Crippen LogP contribution in [0.1, 0.15) is 40.5 Å². The van der Waals surface area contributed by atoms with E-state index in [2.05, 4.69) is 32.7 Å². The molecule has 21 heavy (non-hydrogen) atoms. The van der Waals surface area contributed by atoms with Crippen molar-refractivity contribution in [2.75, 3.05) is 13.1 Å². The van der Waals surface area contributed by atoms with Gasteiger partial charge in [-0.15, -0.1) is 0 Å². The first-order valence-corrected chi connectivity index (χ1v) is 8.86. The maximum Gasteiger partial charge on any atom is 0.247 e. The Balaban J connectivity index is 2.97. The Morgan fingerprint density at radius 1 is 1.05 bits per heavy atom. The molecule has 1 N–H and O–H groups in total. The summed E-state index contributed by atoms with van der Waals surface area (Å²) in [6.45, 7) is 9.32. The van der Waals surface area contributed by atoms with Gasteiger partial charge in [0.2, 0.25) is 15.6 Å². The van der Waals surface area contributed by atoms with Gasteiger partial charge in [0, 0.05) is 25.4 Å². The molecule has 1 rings (SSSR count). The van der Waals surface area contributed by atoms with E-state index < -0.39 is 10.0 Å². The number of nitrogens with one attached hydrogen (secondary N) is 1. The van der Waals surface area contributed by atoms with Crippen molar-refractivity contribution in [1.29, 1.82) is 0 Å². The van der Waals surface area contributed by atoms with Crippen molar-refractivity contribution >= 4 is 10.0 Å². The number of sulfonamides is 1. The first-order valence-electron chi connectivity index (χ1n) is 7.42. The number of H-pyrrole nitrogens is 1. The summed E-state index contributed by atoms with van der Waals surface area (Å²) < 4.78 is 26.9. The van der Waals surface area contributed by atoms with Gasteiger partial charge in [-0.2, -0.15) is 4.31 Å². The number of aromatic nitrogens is 1. The number of aromatic amines is 1. The quantitative estimate of drug-likeness (QED) is 0.801. The maximum absolute atomic E-state index is 12.7. The predicted octanol–water partition coefficient (Wildman–Crippen LogP) is 2.46. The number of pyridine rings is 1. The molecule has 5 nitrogen and oxygen atoms in total. The van der Waals surface area contributed by atoms with Crippen molar-refractivity contribution < 1.29 is 8.42 Å². The highest BCUT2D eigenvalue weighted by Crippen LogP contribution is 2.17. The van der Waals surface area contributed by atoms with Crippen LogP contribution in [0.2, 0.25) is 0 Å². The highest BCUT2D eigenvalue weighted by Gasteiger charge is 2.24. The van der Waals surface area contributed by atoms with E-state index in [0.717, 1.165) is 12.8 Å². The molecule has 0 aromatic carbocycles. The van der Waals surface area contributed by atoms with E-state index >= 15 is 0 Å². The topological polar surface area (TPSA) is 70.2 Å². The van der Waals surface area contributed by atoms with Crippen LogP contribution in [0.25, 0.3) is 0 Å². The van der Waals surface area contributed by atoms with E-state index in [9.17, 15) is 13.2 Å². The Morgan fingerprint density at radius 2 is 1.57 bits per heavy atom. The van der Waals surface area contributed by atoms with E-state index in [1.165, 1.54) is 22.6 Å². The summed E-state index contributed by atoms with van der Waals surface area (Å²) in [6.07, 6.45) is 2.91. The van der Waals surface area contributed by atoms with E-state index in [1.54, 1.807) is 0 Å². The van der Waals surface area contributed by atoms with Crippen LogP contribution in [0.5, 0.6) is 0 Å². The Morgan fingerprint density at radius 3 is 1.95 bits per heavy atom. The third-order valence-electron chi connectivity index (χ3n) is 3.31. The molecular weight excluding hydrogens is 288 g/mol. The Bertz CT molecular complexity index is 559. The molecule has 0 saturated carbocycles. The molecule has 0 bridgehead atoms. The first kappa shape index (κ1) is 17.9. The summed E-state index contributed by atoms with van der Waals surface area (Å²) in [5.41, 5.74) is -0.301. The summed E-state index contributed by atoms with van der Waals surface area (Å²) >= 11 is 0. The zero-order valence-corrected chi connectivity index (χ0v) is 14.1. The van der Waals surface area contributed by atoms with Crippen LogP contribution < -0.4 is 5.56 Å². The highest BCUT2D eigenvalue weighted by molar-refractivity contribution is 7.89. The van der Waals surface area contributed by atoms with Crippen LogP contribution in [0, 0.1) is 11.8 Å². The maximum atomic E-state index is 12.7. The van der Waals surface area contributed by atoms with Gasteiger partial charge >= 0.3 is 0 Å². The molecule has 0 saturated heterocycles. The molecule has 0 atom stereocenters. The third kappa shape index (κ3) is 5.63. The number of hydrogen-bond acceptors (Lipinski definition) is 3. The molecule has 0 fully saturated rings. The molecule has 0 aliphatic heterocycles. The lowest BCUT2D eigenvalue weighted by Gasteiger charge is -2.23. The fraction of sp³-hybridized carbons (Fsp3) is 0.667. The fourth-order valence-corrected chi connectivity index (χ4v) is 3.30. The molecule has 1 heterocycles. The van der Waals surface area contributed by atoms with Crippen LogP contribution in [-0.2, 0) is 10.0 Å². The van der Waals surface area contributed by atoms with Gasteiger partial charge in [0.25, 0.3) is 0 Å². The zero-order valence-electron chi connectivity index (χ0n) is 13.3. The summed E-state index contributed by atoms with van der Waals surface area (Å²) in [6, 6.07) is 2.61. The molecular formula is C15H26N2O3S. The van der Waals surface area contributed by atoms with Crippen LogP contribution >= 0.6 is 0 Å². The summed E-state index contributed by atoms with van der Waals surface area (Å²) in [5, 5.41) is 0. The van der Waals surface area contributed by atoms with Gasteiger partial charge in [0.05, 0.1) is 4.90 Å². The standard InChI is InChI=1S/C15H26N2O3S/c1-12(2)7-9-17(10-8-13(3)4)21(19,20)14-5-6-15(18)16-11-14/h5-6,11-13H,7-10H2,1-4H3,(H,16,18). The molecule has 0 unspecified atom stereocenters. The smallest absolute Gasteiger partial charge is 0.247 e. The average Bonchev–Trinajstić information content (AvgIpc) is 2.38. The van der Waals surface area contributed by atoms with Gasteiger partial charge in [0.1, 0.15) is 0 Å². The van der Waals surface area contributed by atoms with Crippen molar-refractivity contribution in [3.63, 3.8) is 0 Å². The summed E-state index contributed by atoms with van der Waals surface area (Å²) in [7, 11) is -3.55. The lowest BCUT2D eigenvalue weighted by molar-refractivity contribution is 0.357. The molecule has 0 spiro atoms. The number of rotatable bonds is 8.